The maximum Gasteiger partial charge on any atom is 0.250 e. The number of para-hydroxylation sites is 1. The summed E-state index contributed by atoms with van der Waals surface area (Å²) in [6, 6.07) is 12.7. The molecule has 0 aliphatic heterocycles. The number of carbonyl (C=O) groups excluding carboxylic acids is 1. The Morgan fingerprint density at radius 3 is 3.00 bits per heavy atom. The van der Waals surface area contributed by atoms with E-state index in [9.17, 15) is 9.90 Å². The number of hydrogen-bond donors (Lipinski definition) is 2. The van der Waals surface area contributed by atoms with Crippen LogP contribution < -0.4 is 10.2 Å². The van der Waals surface area contributed by atoms with E-state index in [1.54, 1.807) is 23.5 Å². The lowest BCUT2D eigenvalue weighted by Gasteiger charge is -2.03. The predicted octanol–water partition coefficient (Wildman–Crippen LogP) is 3.25. The number of phenolic OH excluding ortho intramolecular Hbond substituents is 1. The summed E-state index contributed by atoms with van der Waals surface area (Å²) in [4.78, 5) is 16.3. The fourth-order valence-electron chi connectivity index (χ4n) is 2.04. The molecule has 2 aromatic carbocycles. The molecule has 0 bridgehead atoms. The van der Waals surface area contributed by atoms with Gasteiger partial charge < -0.3 is 9.84 Å². The maximum atomic E-state index is 11.9. The number of nitrogens with zero attached hydrogens (tertiary/aromatic N) is 2. The zero-order chi connectivity index (χ0) is 17.6. The van der Waals surface area contributed by atoms with Crippen LogP contribution in [0.25, 0.3) is 10.2 Å². The van der Waals surface area contributed by atoms with Gasteiger partial charge in [-0.3, -0.25) is 4.79 Å². The highest BCUT2D eigenvalue weighted by Crippen LogP contribution is 2.29. The standard InChI is InChI=1S/C17H15N3O3S2/c1-23-14-7-6-11(8-13(14)21)9-18-20-16(22)10-24-17-19-12-4-2-3-5-15(12)25-17/h2-9,21H,10H2,1H3,(H,20,22)/b18-9-. The van der Waals surface area contributed by atoms with E-state index in [1.165, 1.54) is 31.2 Å². The third-order valence-corrected chi connectivity index (χ3v) is 5.39. The highest BCUT2D eigenvalue weighted by atomic mass is 32.2. The normalized spacial score (nSPS) is 11.1. The van der Waals surface area contributed by atoms with E-state index in [2.05, 4.69) is 15.5 Å². The Morgan fingerprint density at radius 1 is 1.40 bits per heavy atom. The molecule has 6 nitrogen and oxygen atoms in total. The molecule has 0 saturated carbocycles. The lowest BCUT2D eigenvalue weighted by molar-refractivity contribution is -0.118. The molecule has 0 fully saturated rings. The molecule has 128 valence electrons. The quantitative estimate of drug-likeness (QED) is 0.394. The number of aromatic hydroxyl groups is 1. The van der Waals surface area contributed by atoms with Crippen LogP contribution in [0.1, 0.15) is 5.56 Å². The van der Waals surface area contributed by atoms with Gasteiger partial charge >= 0.3 is 0 Å². The van der Waals surface area contributed by atoms with E-state index in [4.69, 9.17) is 4.74 Å². The van der Waals surface area contributed by atoms with Crippen molar-refractivity contribution in [2.24, 2.45) is 5.10 Å². The zero-order valence-electron chi connectivity index (χ0n) is 13.3. The lowest BCUT2D eigenvalue weighted by atomic mass is 10.2. The number of rotatable bonds is 6. The van der Waals surface area contributed by atoms with E-state index < -0.39 is 0 Å². The van der Waals surface area contributed by atoms with E-state index in [0.717, 1.165) is 14.6 Å². The Bertz CT molecular complexity index is 891. The average molecular weight is 373 g/mol. The molecule has 8 heteroatoms. The second-order valence-electron chi connectivity index (χ2n) is 4.96. The molecule has 3 rings (SSSR count). The third-order valence-electron chi connectivity index (χ3n) is 3.21. The Balaban J connectivity index is 1.51. The Hall–Kier alpha value is -2.58. The van der Waals surface area contributed by atoms with Gasteiger partial charge in [-0.2, -0.15) is 5.10 Å². The van der Waals surface area contributed by atoms with Gasteiger partial charge in [0.25, 0.3) is 5.91 Å². The SMILES string of the molecule is COc1ccc(/C=N\NC(=O)CSc2nc3ccccc3s2)cc1O. The van der Waals surface area contributed by atoms with Crippen molar-refractivity contribution in [3.05, 3.63) is 48.0 Å². The molecule has 0 unspecified atom stereocenters. The number of nitrogens with one attached hydrogen (secondary N) is 1. The predicted molar refractivity (Wildman–Crippen MR) is 101 cm³/mol. The molecule has 0 saturated heterocycles. The number of hydrogen-bond acceptors (Lipinski definition) is 7. The van der Waals surface area contributed by atoms with Crippen molar-refractivity contribution in [3.63, 3.8) is 0 Å². The van der Waals surface area contributed by atoms with Crippen LogP contribution in [0.15, 0.2) is 51.9 Å². The van der Waals surface area contributed by atoms with Crippen LogP contribution >= 0.6 is 23.1 Å². The first-order valence-corrected chi connectivity index (χ1v) is 9.13. The molecule has 0 spiro atoms. The summed E-state index contributed by atoms with van der Waals surface area (Å²) in [5.74, 6) is 0.404. The summed E-state index contributed by atoms with van der Waals surface area (Å²) in [6.07, 6.45) is 1.46. The highest BCUT2D eigenvalue weighted by molar-refractivity contribution is 8.01. The van der Waals surface area contributed by atoms with Crippen molar-refractivity contribution in [2.45, 2.75) is 4.34 Å². The molecule has 2 N–H and O–H groups in total. The van der Waals surface area contributed by atoms with E-state index in [-0.39, 0.29) is 17.4 Å². The molecule has 1 aromatic heterocycles. The zero-order valence-corrected chi connectivity index (χ0v) is 14.9. The van der Waals surface area contributed by atoms with Crippen LogP contribution in [0.5, 0.6) is 11.5 Å². The molecule has 0 aliphatic rings. The third kappa shape index (κ3) is 4.49. The number of amides is 1. The summed E-state index contributed by atoms with van der Waals surface area (Å²) in [7, 11) is 1.48. The van der Waals surface area contributed by atoms with Crippen LogP contribution in [0.3, 0.4) is 0 Å². The first-order chi connectivity index (χ1) is 12.2. The van der Waals surface area contributed by atoms with Gasteiger partial charge in [-0.1, -0.05) is 23.9 Å². The van der Waals surface area contributed by atoms with Gasteiger partial charge in [-0.25, -0.2) is 10.4 Å². The van der Waals surface area contributed by atoms with Crippen molar-refractivity contribution in [2.75, 3.05) is 12.9 Å². The topological polar surface area (TPSA) is 83.8 Å². The molecule has 1 amide bonds. The maximum absolute atomic E-state index is 11.9. The molecular weight excluding hydrogens is 358 g/mol. The smallest absolute Gasteiger partial charge is 0.250 e. The van der Waals surface area contributed by atoms with Gasteiger partial charge in [0, 0.05) is 0 Å². The molecular formula is C17H15N3O3S2. The molecule has 0 aliphatic carbocycles. The number of thioether (sulfide) groups is 1. The van der Waals surface area contributed by atoms with Crippen molar-refractivity contribution < 1.29 is 14.6 Å². The Labute approximate surface area is 152 Å². The van der Waals surface area contributed by atoms with E-state index >= 15 is 0 Å². The lowest BCUT2D eigenvalue weighted by Crippen LogP contribution is -2.19. The summed E-state index contributed by atoms with van der Waals surface area (Å²) in [5.41, 5.74) is 4.04. The Kier molecular flexibility index (Phi) is 5.52. The molecule has 0 radical (unpaired) electrons. The van der Waals surface area contributed by atoms with Crippen molar-refractivity contribution in [1.82, 2.24) is 10.4 Å². The number of benzene rings is 2. The van der Waals surface area contributed by atoms with E-state index in [0.29, 0.717) is 11.3 Å². The number of ether oxygens (including phenoxy) is 1. The minimum atomic E-state index is -0.224. The Morgan fingerprint density at radius 2 is 2.24 bits per heavy atom. The molecule has 0 atom stereocenters. The van der Waals surface area contributed by atoms with Gasteiger partial charge in [-0.05, 0) is 35.9 Å². The van der Waals surface area contributed by atoms with Crippen LogP contribution in [0, 0.1) is 0 Å². The summed E-state index contributed by atoms with van der Waals surface area (Å²) in [6.45, 7) is 0. The average Bonchev–Trinajstić information content (AvgIpc) is 3.03. The van der Waals surface area contributed by atoms with E-state index in [1.807, 2.05) is 24.3 Å². The first-order valence-electron chi connectivity index (χ1n) is 7.33. The highest BCUT2D eigenvalue weighted by Gasteiger charge is 2.07. The van der Waals surface area contributed by atoms with Gasteiger partial charge in [0.2, 0.25) is 0 Å². The summed E-state index contributed by atoms with van der Waals surface area (Å²) in [5, 5.41) is 13.6. The van der Waals surface area contributed by atoms with Crippen molar-refractivity contribution in [3.8, 4) is 11.5 Å². The monoisotopic (exact) mass is 373 g/mol. The van der Waals surface area contributed by atoms with Gasteiger partial charge in [0.15, 0.2) is 15.8 Å². The van der Waals surface area contributed by atoms with Crippen LogP contribution in [0.4, 0.5) is 0 Å². The van der Waals surface area contributed by atoms with Crippen molar-refractivity contribution >= 4 is 45.4 Å². The summed E-state index contributed by atoms with van der Waals surface area (Å²) < 4.78 is 6.91. The number of aromatic nitrogens is 1. The van der Waals surface area contributed by atoms with Gasteiger partial charge in [-0.15, -0.1) is 11.3 Å². The second-order valence-corrected chi connectivity index (χ2v) is 7.21. The van der Waals surface area contributed by atoms with Crippen LogP contribution in [-0.4, -0.2) is 35.1 Å². The first kappa shape index (κ1) is 17.2. The minimum absolute atomic E-state index is 0.0177. The van der Waals surface area contributed by atoms with Crippen molar-refractivity contribution in [1.29, 1.82) is 0 Å². The minimum Gasteiger partial charge on any atom is -0.504 e. The molecule has 25 heavy (non-hydrogen) atoms. The fraction of sp³-hybridized carbons (Fsp3) is 0.118. The van der Waals surface area contributed by atoms with Gasteiger partial charge in [0.1, 0.15) is 0 Å². The summed E-state index contributed by atoms with van der Waals surface area (Å²) >= 11 is 2.93. The van der Waals surface area contributed by atoms with Gasteiger partial charge in [0.05, 0.1) is 29.3 Å². The number of methoxy groups -OCH3 is 1. The number of fused-ring (bicyclic) bond motifs is 1. The van der Waals surface area contributed by atoms with Crippen LogP contribution in [-0.2, 0) is 4.79 Å². The number of hydrazone groups is 1. The number of phenols is 1. The van der Waals surface area contributed by atoms with Crippen LogP contribution in [0.2, 0.25) is 0 Å². The second kappa shape index (κ2) is 8.00. The molecule has 3 aromatic rings. The number of thiazole rings is 1. The number of carbonyl (C=O) groups is 1. The molecule has 1 heterocycles. The fourth-order valence-corrected chi connectivity index (χ4v) is 3.90. The largest absolute Gasteiger partial charge is 0.504 e.